The van der Waals surface area contributed by atoms with Gasteiger partial charge in [-0.05, 0) is 5.92 Å². The Bertz CT molecular complexity index is 519. The molecule has 0 heterocycles. The van der Waals surface area contributed by atoms with Gasteiger partial charge in [0.1, 0.15) is 16.9 Å². The first-order valence-electron chi connectivity index (χ1n) is 5.68. The van der Waals surface area contributed by atoms with E-state index in [2.05, 4.69) is 0 Å². The Balaban J connectivity index is 3.55. The zero-order valence-corrected chi connectivity index (χ0v) is 10.9. The van der Waals surface area contributed by atoms with Crippen LogP contribution < -0.4 is 4.74 Å². The molecule has 0 aliphatic heterocycles. The van der Waals surface area contributed by atoms with E-state index in [1.807, 2.05) is 0 Å². The lowest BCUT2D eigenvalue weighted by atomic mass is 9.96. The monoisotopic (exact) mass is 268 g/mol. The first-order valence-corrected chi connectivity index (χ1v) is 5.68. The second kappa shape index (κ2) is 5.60. The van der Waals surface area contributed by atoms with Crippen LogP contribution in [0.2, 0.25) is 0 Å². The second-order valence-electron chi connectivity index (χ2n) is 4.51. The number of carbonyl (C=O) groups excluding carboxylic acids is 2. The third-order valence-corrected chi connectivity index (χ3v) is 2.61. The summed E-state index contributed by atoms with van der Waals surface area (Å²) in [7, 11) is 1.16. The second-order valence-corrected chi connectivity index (χ2v) is 4.51. The van der Waals surface area contributed by atoms with Crippen molar-refractivity contribution in [3.8, 4) is 23.0 Å². The van der Waals surface area contributed by atoms with E-state index in [1.165, 1.54) is 0 Å². The molecule has 0 atom stereocenters. The van der Waals surface area contributed by atoms with E-state index in [4.69, 9.17) is 4.74 Å². The van der Waals surface area contributed by atoms with E-state index >= 15 is 0 Å². The quantitative estimate of drug-likeness (QED) is 0.556. The van der Waals surface area contributed by atoms with Crippen LogP contribution in [0, 0.1) is 5.92 Å². The molecule has 0 aromatic heterocycles. The zero-order chi connectivity index (χ0) is 14.7. The molecule has 0 radical (unpaired) electrons. The number of ketones is 1. The Hall–Kier alpha value is -2.24. The molecule has 0 unspecified atom stereocenters. The Kier molecular flexibility index (Phi) is 4.37. The van der Waals surface area contributed by atoms with E-state index in [-0.39, 0.29) is 18.6 Å². The number of methoxy groups -OCH3 is 1. The summed E-state index contributed by atoms with van der Waals surface area (Å²) in [5.74, 6) is -3.05. The van der Waals surface area contributed by atoms with Crippen LogP contribution >= 0.6 is 0 Å². The Morgan fingerprint density at radius 1 is 1.21 bits per heavy atom. The van der Waals surface area contributed by atoms with Crippen molar-refractivity contribution < 1.29 is 29.6 Å². The van der Waals surface area contributed by atoms with E-state index < -0.39 is 39.9 Å². The molecule has 0 saturated carbocycles. The maximum Gasteiger partial charge on any atom is 0.204 e. The highest BCUT2D eigenvalue weighted by Gasteiger charge is 2.28. The number of carbonyl (C=O) groups is 2. The van der Waals surface area contributed by atoms with Crippen LogP contribution in [0.3, 0.4) is 0 Å². The summed E-state index contributed by atoms with van der Waals surface area (Å²) < 4.78 is 4.75. The standard InChI is InChI=1S/C13H16O6/c1-6(2)4-8(15)9-10(16)7(5-14)11(17)13(19-3)12(9)18/h5-6,16-18H,4H2,1-3H3. The number of aldehydes is 1. The number of phenols is 3. The van der Waals surface area contributed by atoms with Crippen LogP contribution in [-0.2, 0) is 0 Å². The molecule has 3 N–H and O–H groups in total. The van der Waals surface area contributed by atoms with Crippen molar-refractivity contribution in [2.45, 2.75) is 20.3 Å². The largest absolute Gasteiger partial charge is 0.506 e. The topological polar surface area (TPSA) is 104 Å². The summed E-state index contributed by atoms with van der Waals surface area (Å²) in [5, 5.41) is 29.3. The van der Waals surface area contributed by atoms with Gasteiger partial charge in [-0.3, -0.25) is 9.59 Å². The fraction of sp³-hybridized carbons (Fsp3) is 0.385. The van der Waals surface area contributed by atoms with E-state index in [1.54, 1.807) is 13.8 Å². The van der Waals surface area contributed by atoms with Crippen molar-refractivity contribution in [3.05, 3.63) is 11.1 Å². The fourth-order valence-electron chi connectivity index (χ4n) is 1.75. The molecule has 0 fully saturated rings. The number of phenolic OH excluding ortho intramolecular Hbond substituents is 3. The van der Waals surface area contributed by atoms with E-state index in [0.717, 1.165) is 7.11 Å². The van der Waals surface area contributed by atoms with Crippen LogP contribution in [-0.4, -0.2) is 34.5 Å². The summed E-state index contributed by atoms with van der Waals surface area (Å²) >= 11 is 0. The maximum atomic E-state index is 12.0. The molecule has 0 bridgehead atoms. The van der Waals surface area contributed by atoms with Crippen LogP contribution in [0.4, 0.5) is 0 Å². The molecule has 19 heavy (non-hydrogen) atoms. The number of benzene rings is 1. The molecule has 1 aromatic rings. The summed E-state index contributed by atoms with van der Waals surface area (Å²) in [5.41, 5.74) is -0.896. The number of Topliss-reactive ketones (excluding diaryl/α,β-unsaturated/α-hetero) is 1. The molecule has 0 spiro atoms. The number of ether oxygens (including phenoxy) is 1. The average Bonchev–Trinajstić information content (AvgIpc) is 2.28. The molecule has 6 heteroatoms. The molecule has 0 saturated heterocycles. The molecule has 0 amide bonds. The third-order valence-electron chi connectivity index (χ3n) is 2.61. The molecule has 104 valence electrons. The SMILES string of the molecule is COc1c(O)c(C=O)c(O)c(C(=O)CC(C)C)c1O. The fourth-order valence-corrected chi connectivity index (χ4v) is 1.75. The highest BCUT2D eigenvalue weighted by Crippen LogP contribution is 2.47. The van der Waals surface area contributed by atoms with Gasteiger partial charge in [0.05, 0.1) is 7.11 Å². The van der Waals surface area contributed by atoms with Crippen molar-refractivity contribution in [2.24, 2.45) is 5.92 Å². The van der Waals surface area contributed by atoms with Crippen LogP contribution in [0.1, 0.15) is 41.0 Å². The van der Waals surface area contributed by atoms with Crippen molar-refractivity contribution in [1.82, 2.24) is 0 Å². The highest BCUT2D eigenvalue weighted by molar-refractivity contribution is 6.05. The van der Waals surface area contributed by atoms with Crippen LogP contribution in [0.5, 0.6) is 23.0 Å². The van der Waals surface area contributed by atoms with Crippen molar-refractivity contribution >= 4 is 12.1 Å². The maximum absolute atomic E-state index is 12.0. The third kappa shape index (κ3) is 2.62. The van der Waals surface area contributed by atoms with Gasteiger partial charge in [-0.2, -0.15) is 0 Å². The molecule has 0 aliphatic carbocycles. The first kappa shape index (κ1) is 14.8. The first-order chi connectivity index (χ1) is 8.84. The van der Waals surface area contributed by atoms with Gasteiger partial charge in [-0.15, -0.1) is 0 Å². The Labute approximate surface area is 110 Å². The van der Waals surface area contributed by atoms with Crippen molar-refractivity contribution in [2.75, 3.05) is 7.11 Å². The predicted molar refractivity (Wildman–Crippen MR) is 67.2 cm³/mol. The van der Waals surface area contributed by atoms with Gasteiger partial charge >= 0.3 is 0 Å². The van der Waals surface area contributed by atoms with Gasteiger partial charge in [-0.25, -0.2) is 0 Å². The number of rotatable bonds is 5. The number of aromatic hydroxyl groups is 3. The average molecular weight is 268 g/mol. The summed E-state index contributed by atoms with van der Waals surface area (Å²) in [6.07, 6.45) is 0.270. The number of hydrogen-bond donors (Lipinski definition) is 3. The Morgan fingerprint density at radius 2 is 1.79 bits per heavy atom. The summed E-state index contributed by atoms with van der Waals surface area (Å²) in [4.78, 5) is 22.8. The minimum atomic E-state index is -0.739. The molecule has 1 aromatic carbocycles. The van der Waals surface area contributed by atoms with Crippen LogP contribution in [0.15, 0.2) is 0 Å². The minimum Gasteiger partial charge on any atom is -0.506 e. The predicted octanol–water partition coefficient (Wildman–Crippen LogP) is 1.85. The molecule has 6 nitrogen and oxygen atoms in total. The van der Waals surface area contributed by atoms with Gasteiger partial charge < -0.3 is 20.1 Å². The minimum absolute atomic E-state index is 0.00535. The lowest BCUT2D eigenvalue weighted by Gasteiger charge is -2.14. The van der Waals surface area contributed by atoms with Gasteiger partial charge in [-0.1, -0.05) is 13.8 Å². The van der Waals surface area contributed by atoms with Gasteiger partial charge in [0, 0.05) is 6.42 Å². The van der Waals surface area contributed by atoms with E-state index in [0.29, 0.717) is 0 Å². The summed E-state index contributed by atoms with van der Waals surface area (Å²) in [6, 6.07) is 0. The van der Waals surface area contributed by atoms with Gasteiger partial charge in [0.15, 0.2) is 23.6 Å². The smallest absolute Gasteiger partial charge is 0.204 e. The highest BCUT2D eigenvalue weighted by atomic mass is 16.5. The lowest BCUT2D eigenvalue weighted by Crippen LogP contribution is -2.06. The summed E-state index contributed by atoms with van der Waals surface area (Å²) in [6.45, 7) is 3.59. The van der Waals surface area contributed by atoms with Gasteiger partial charge in [0.2, 0.25) is 5.75 Å². The number of hydrogen-bond acceptors (Lipinski definition) is 6. The molecular formula is C13H16O6. The zero-order valence-electron chi connectivity index (χ0n) is 10.9. The molecule has 0 aliphatic rings. The molecule has 1 rings (SSSR count). The van der Waals surface area contributed by atoms with Gasteiger partial charge in [0.25, 0.3) is 0 Å². The molecular weight excluding hydrogens is 252 g/mol. The van der Waals surface area contributed by atoms with Crippen molar-refractivity contribution in [3.63, 3.8) is 0 Å². The lowest BCUT2D eigenvalue weighted by molar-refractivity contribution is 0.0961. The normalized spacial score (nSPS) is 10.5. The van der Waals surface area contributed by atoms with E-state index in [9.17, 15) is 24.9 Å². The Morgan fingerprint density at radius 3 is 2.21 bits per heavy atom. The van der Waals surface area contributed by atoms with Crippen molar-refractivity contribution in [1.29, 1.82) is 0 Å². The van der Waals surface area contributed by atoms with Crippen LogP contribution in [0.25, 0.3) is 0 Å².